The number of aromatic nitrogens is 3. The number of nitrogens with zero attached hydrogens (tertiary/aromatic N) is 3. The van der Waals surface area contributed by atoms with Crippen LogP contribution in [0, 0.1) is 0 Å². The van der Waals surface area contributed by atoms with E-state index in [1.807, 2.05) is 24.3 Å². The molecule has 5 rings (SSSR count). The van der Waals surface area contributed by atoms with Crippen molar-refractivity contribution in [3.63, 3.8) is 0 Å². The van der Waals surface area contributed by atoms with Crippen molar-refractivity contribution in [3.8, 4) is 0 Å². The van der Waals surface area contributed by atoms with E-state index >= 15 is 0 Å². The van der Waals surface area contributed by atoms with Crippen molar-refractivity contribution in [2.75, 3.05) is 13.2 Å². The van der Waals surface area contributed by atoms with Crippen molar-refractivity contribution in [2.24, 2.45) is 0 Å². The molecule has 8 heteroatoms. The fourth-order valence-electron chi connectivity index (χ4n) is 4.41. The molecule has 1 fully saturated rings. The lowest BCUT2D eigenvalue weighted by atomic mass is 9.96. The quantitative estimate of drug-likeness (QED) is 0.492. The van der Waals surface area contributed by atoms with Gasteiger partial charge in [-0.25, -0.2) is 13.8 Å². The van der Waals surface area contributed by atoms with Crippen molar-refractivity contribution >= 4 is 21.7 Å². The first kappa shape index (κ1) is 20.7. The Hall–Kier alpha value is -3.23. The molecule has 3 heterocycles. The molecule has 32 heavy (non-hydrogen) atoms. The van der Waals surface area contributed by atoms with E-state index in [1.165, 1.54) is 23.2 Å². The summed E-state index contributed by atoms with van der Waals surface area (Å²) in [5.41, 5.74) is 1.59. The lowest BCUT2D eigenvalue weighted by Crippen LogP contribution is -2.39. The second-order valence-electron chi connectivity index (χ2n) is 8.00. The zero-order valence-corrected chi connectivity index (χ0v) is 17.1. The minimum atomic E-state index is -2.65. The summed E-state index contributed by atoms with van der Waals surface area (Å²) in [6, 6.07) is 12.1. The van der Waals surface area contributed by atoms with Gasteiger partial charge in [-0.2, -0.15) is 0 Å². The van der Waals surface area contributed by atoms with Crippen LogP contribution in [-0.2, 0) is 11.2 Å². The van der Waals surface area contributed by atoms with Crippen LogP contribution in [0.2, 0.25) is 0 Å². The maximum Gasteiger partial charge on any atom is 0.280 e. The minimum Gasteiger partial charge on any atom is -0.389 e. The van der Waals surface area contributed by atoms with Crippen LogP contribution >= 0.6 is 0 Å². The molecule has 4 aromatic rings. The molecule has 2 aromatic carbocycles. The van der Waals surface area contributed by atoms with E-state index in [2.05, 4.69) is 9.97 Å². The fourth-order valence-corrected chi connectivity index (χ4v) is 4.41. The summed E-state index contributed by atoms with van der Waals surface area (Å²) < 4.78 is 33.0. The van der Waals surface area contributed by atoms with Crippen molar-refractivity contribution in [1.29, 1.82) is 0 Å². The molecule has 1 aliphatic heterocycles. The SMILES string of the molecule is O=c1c2cc(Cc3ccnc(C(F)F)c3)c3ccccc3c2ncn1[C@H]1CCOC[C@@H]1O. The average Bonchev–Trinajstić information content (AvgIpc) is 2.81. The molecule has 2 atom stereocenters. The van der Waals surface area contributed by atoms with Crippen LogP contribution in [0.25, 0.3) is 21.7 Å². The lowest BCUT2D eigenvalue weighted by molar-refractivity contribution is -0.0395. The van der Waals surface area contributed by atoms with Crippen LogP contribution < -0.4 is 5.56 Å². The number of halogens is 2. The van der Waals surface area contributed by atoms with E-state index < -0.39 is 18.6 Å². The molecule has 0 bridgehead atoms. The molecule has 1 saturated heterocycles. The zero-order valence-electron chi connectivity index (χ0n) is 17.1. The van der Waals surface area contributed by atoms with Crippen LogP contribution in [0.4, 0.5) is 8.78 Å². The second-order valence-corrected chi connectivity index (χ2v) is 8.00. The summed E-state index contributed by atoms with van der Waals surface area (Å²) in [4.78, 5) is 21.7. The lowest BCUT2D eigenvalue weighted by Gasteiger charge is -2.29. The zero-order chi connectivity index (χ0) is 22.2. The summed E-state index contributed by atoms with van der Waals surface area (Å²) in [5.74, 6) is 0. The molecule has 6 nitrogen and oxygen atoms in total. The Morgan fingerprint density at radius 3 is 2.72 bits per heavy atom. The third kappa shape index (κ3) is 3.65. The number of hydrogen-bond donors (Lipinski definition) is 1. The molecule has 0 radical (unpaired) electrons. The first-order valence-electron chi connectivity index (χ1n) is 10.4. The number of aliphatic hydroxyl groups excluding tert-OH is 1. The summed E-state index contributed by atoms with van der Waals surface area (Å²) in [7, 11) is 0. The summed E-state index contributed by atoms with van der Waals surface area (Å²) in [6.45, 7) is 0.635. The van der Waals surface area contributed by atoms with E-state index in [1.54, 1.807) is 12.1 Å². The third-order valence-electron chi connectivity index (χ3n) is 5.99. The molecule has 2 aromatic heterocycles. The molecule has 0 unspecified atom stereocenters. The summed E-state index contributed by atoms with van der Waals surface area (Å²) in [6.07, 6.45) is 0.319. The van der Waals surface area contributed by atoms with Gasteiger partial charge in [0.05, 0.1) is 36.0 Å². The van der Waals surface area contributed by atoms with Gasteiger partial charge in [-0.15, -0.1) is 0 Å². The highest BCUT2D eigenvalue weighted by atomic mass is 19.3. The smallest absolute Gasteiger partial charge is 0.280 e. The van der Waals surface area contributed by atoms with Gasteiger partial charge in [-0.05, 0) is 47.6 Å². The number of rotatable bonds is 4. The number of ether oxygens (including phenoxy) is 1. The largest absolute Gasteiger partial charge is 0.389 e. The van der Waals surface area contributed by atoms with Gasteiger partial charge >= 0.3 is 0 Å². The standard InChI is InChI=1S/C24H21F2N3O3/c25-23(26)19-10-14(5-7-27-19)9-15-11-18-22(17-4-2-1-3-16(15)17)28-13-29(24(18)31)20-6-8-32-12-21(20)30/h1-5,7,10-11,13,20-21,23,30H,6,8-9,12H2/t20-,21-/m0/s1. The van der Waals surface area contributed by atoms with E-state index in [4.69, 9.17) is 4.74 Å². The van der Waals surface area contributed by atoms with Crippen LogP contribution in [0.15, 0.2) is 59.8 Å². The Morgan fingerprint density at radius 2 is 1.94 bits per heavy atom. The Balaban J connectivity index is 1.67. The van der Waals surface area contributed by atoms with Gasteiger partial charge in [0.2, 0.25) is 0 Å². The molecule has 0 amide bonds. The maximum atomic E-state index is 13.4. The maximum absolute atomic E-state index is 13.4. The van der Waals surface area contributed by atoms with Gasteiger partial charge in [0.1, 0.15) is 5.69 Å². The minimum absolute atomic E-state index is 0.173. The highest BCUT2D eigenvalue weighted by Gasteiger charge is 2.27. The fraction of sp³-hybridized carbons (Fsp3) is 0.292. The predicted molar refractivity (Wildman–Crippen MR) is 116 cm³/mol. The van der Waals surface area contributed by atoms with Gasteiger partial charge in [0.15, 0.2) is 0 Å². The van der Waals surface area contributed by atoms with Gasteiger partial charge in [-0.1, -0.05) is 24.3 Å². The number of fused-ring (bicyclic) bond motifs is 3. The van der Waals surface area contributed by atoms with Crippen molar-refractivity contribution < 1.29 is 18.6 Å². The summed E-state index contributed by atoms with van der Waals surface area (Å²) >= 11 is 0. The first-order chi connectivity index (χ1) is 15.5. The molecule has 0 spiro atoms. The van der Waals surface area contributed by atoms with Crippen molar-refractivity contribution in [1.82, 2.24) is 14.5 Å². The van der Waals surface area contributed by atoms with E-state index in [0.717, 1.165) is 16.3 Å². The highest BCUT2D eigenvalue weighted by Crippen LogP contribution is 2.29. The topological polar surface area (TPSA) is 77.2 Å². The molecular weight excluding hydrogens is 416 g/mol. The van der Waals surface area contributed by atoms with E-state index in [9.17, 15) is 18.7 Å². The Kier molecular flexibility index (Phi) is 5.40. The summed E-state index contributed by atoms with van der Waals surface area (Å²) in [5, 5.41) is 12.5. The Morgan fingerprint density at radius 1 is 1.12 bits per heavy atom. The first-order valence-corrected chi connectivity index (χ1v) is 10.4. The number of benzene rings is 2. The molecular formula is C24H21F2N3O3. The van der Waals surface area contributed by atoms with Crippen molar-refractivity contribution in [2.45, 2.75) is 31.4 Å². The Labute approximate surface area is 182 Å². The number of aliphatic hydroxyl groups is 1. The van der Waals surface area contributed by atoms with E-state index in [-0.39, 0.29) is 17.9 Å². The molecule has 0 aliphatic carbocycles. The van der Waals surface area contributed by atoms with Crippen LogP contribution in [0.1, 0.15) is 35.7 Å². The van der Waals surface area contributed by atoms with Crippen LogP contribution in [0.3, 0.4) is 0 Å². The van der Waals surface area contributed by atoms with Gasteiger partial charge in [0.25, 0.3) is 12.0 Å². The van der Waals surface area contributed by atoms with E-state index in [0.29, 0.717) is 35.9 Å². The second kappa shape index (κ2) is 8.37. The Bertz CT molecular complexity index is 1360. The monoisotopic (exact) mass is 437 g/mol. The van der Waals surface area contributed by atoms with Gasteiger partial charge in [-0.3, -0.25) is 14.3 Å². The van der Waals surface area contributed by atoms with Crippen LogP contribution in [0.5, 0.6) is 0 Å². The number of hydrogen-bond acceptors (Lipinski definition) is 5. The molecule has 1 aliphatic rings. The normalized spacial score (nSPS) is 19.1. The molecule has 164 valence electrons. The van der Waals surface area contributed by atoms with Crippen molar-refractivity contribution in [3.05, 3.63) is 82.2 Å². The van der Waals surface area contributed by atoms with Crippen LogP contribution in [-0.4, -0.2) is 39.0 Å². The number of pyridine rings is 1. The van der Waals surface area contributed by atoms with Gasteiger partial charge < -0.3 is 9.84 Å². The molecule has 1 N–H and O–H groups in total. The van der Waals surface area contributed by atoms with Gasteiger partial charge in [0, 0.05) is 18.2 Å². The number of alkyl halides is 2. The average molecular weight is 437 g/mol. The highest BCUT2D eigenvalue weighted by molar-refractivity contribution is 6.06. The molecule has 0 saturated carbocycles. The predicted octanol–water partition coefficient (Wildman–Crippen LogP) is 3.80. The third-order valence-corrected chi connectivity index (χ3v) is 5.99.